The Balaban J connectivity index is 2.26. The summed E-state index contributed by atoms with van der Waals surface area (Å²) in [6, 6.07) is 10.2. The fourth-order valence-electron chi connectivity index (χ4n) is 1.50. The first-order chi connectivity index (χ1) is 6.77. The van der Waals surface area contributed by atoms with Gasteiger partial charge in [-0.05, 0) is 17.2 Å². The molecule has 14 heavy (non-hydrogen) atoms. The van der Waals surface area contributed by atoms with Gasteiger partial charge in [0.2, 0.25) is 0 Å². The van der Waals surface area contributed by atoms with Crippen LogP contribution in [0.5, 0.6) is 0 Å². The molecule has 0 radical (unpaired) electrons. The van der Waals surface area contributed by atoms with E-state index in [2.05, 4.69) is 36.7 Å². The van der Waals surface area contributed by atoms with Gasteiger partial charge < -0.3 is 0 Å². The SMILES string of the molecule is C=C(C1=CC(C)C=N1)c1ccccc1. The predicted octanol–water partition coefficient (Wildman–Crippen LogP) is 3.30. The summed E-state index contributed by atoms with van der Waals surface area (Å²) < 4.78 is 0. The molecule has 0 saturated heterocycles. The first-order valence-electron chi connectivity index (χ1n) is 4.78. The number of rotatable bonds is 2. The summed E-state index contributed by atoms with van der Waals surface area (Å²) >= 11 is 0. The smallest absolute Gasteiger partial charge is 0.0664 e. The third kappa shape index (κ3) is 1.67. The molecular formula is C13H13N. The molecule has 1 aromatic carbocycles. The van der Waals surface area contributed by atoms with Crippen LogP contribution in [-0.4, -0.2) is 6.21 Å². The van der Waals surface area contributed by atoms with Gasteiger partial charge in [-0.25, -0.2) is 0 Å². The topological polar surface area (TPSA) is 12.4 Å². The Morgan fingerprint density at radius 1 is 1.29 bits per heavy atom. The minimum absolute atomic E-state index is 0.436. The van der Waals surface area contributed by atoms with E-state index in [4.69, 9.17) is 0 Å². The van der Waals surface area contributed by atoms with E-state index in [0.717, 1.165) is 16.8 Å². The van der Waals surface area contributed by atoms with Gasteiger partial charge in [-0.15, -0.1) is 0 Å². The van der Waals surface area contributed by atoms with Gasteiger partial charge in [0.15, 0.2) is 0 Å². The first kappa shape index (κ1) is 8.95. The van der Waals surface area contributed by atoms with Crippen molar-refractivity contribution in [2.45, 2.75) is 6.92 Å². The largest absolute Gasteiger partial charge is 0.260 e. The highest BCUT2D eigenvalue weighted by Gasteiger charge is 2.09. The van der Waals surface area contributed by atoms with Crippen LogP contribution in [0.25, 0.3) is 5.57 Å². The monoisotopic (exact) mass is 183 g/mol. The van der Waals surface area contributed by atoms with Crippen LogP contribution in [0.2, 0.25) is 0 Å². The third-order valence-electron chi connectivity index (χ3n) is 2.30. The first-order valence-corrected chi connectivity index (χ1v) is 4.78. The lowest BCUT2D eigenvalue weighted by molar-refractivity contribution is 1.05. The maximum atomic E-state index is 4.33. The summed E-state index contributed by atoms with van der Waals surface area (Å²) in [5, 5.41) is 0. The molecule has 1 heteroatoms. The highest BCUT2D eigenvalue weighted by atomic mass is 14.8. The Hall–Kier alpha value is -1.63. The van der Waals surface area contributed by atoms with Gasteiger partial charge in [0.05, 0.1) is 5.70 Å². The number of aliphatic imine (C=N–C) groups is 1. The summed E-state index contributed by atoms with van der Waals surface area (Å²) in [7, 11) is 0. The summed E-state index contributed by atoms with van der Waals surface area (Å²) in [6.07, 6.45) is 4.08. The predicted molar refractivity (Wildman–Crippen MR) is 61.2 cm³/mol. The lowest BCUT2D eigenvalue weighted by Crippen LogP contribution is -1.84. The molecule has 0 bridgehead atoms. The quantitative estimate of drug-likeness (QED) is 0.667. The number of benzene rings is 1. The maximum absolute atomic E-state index is 4.33. The van der Waals surface area contributed by atoms with Crippen molar-refractivity contribution in [3.8, 4) is 0 Å². The van der Waals surface area contributed by atoms with E-state index in [1.54, 1.807) is 0 Å². The van der Waals surface area contributed by atoms with Gasteiger partial charge in [0, 0.05) is 12.1 Å². The van der Waals surface area contributed by atoms with E-state index in [-0.39, 0.29) is 0 Å². The molecule has 1 aliphatic heterocycles. The van der Waals surface area contributed by atoms with E-state index in [1.807, 2.05) is 24.4 Å². The van der Waals surface area contributed by atoms with E-state index in [0.29, 0.717) is 5.92 Å². The molecule has 1 atom stereocenters. The van der Waals surface area contributed by atoms with Gasteiger partial charge in [-0.2, -0.15) is 0 Å². The summed E-state index contributed by atoms with van der Waals surface area (Å²) in [6.45, 7) is 6.18. The minimum Gasteiger partial charge on any atom is -0.260 e. The molecule has 0 aliphatic carbocycles. The Morgan fingerprint density at radius 2 is 2.00 bits per heavy atom. The van der Waals surface area contributed by atoms with Crippen LogP contribution < -0.4 is 0 Å². The van der Waals surface area contributed by atoms with Crippen molar-refractivity contribution in [1.29, 1.82) is 0 Å². The van der Waals surface area contributed by atoms with Crippen LogP contribution >= 0.6 is 0 Å². The second-order valence-corrected chi connectivity index (χ2v) is 3.53. The van der Waals surface area contributed by atoms with Crippen LogP contribution in [0.4, 0.5) is 0 Å². The van der Waals surface area contributed by atoms with E-state index < -0.39 is 0 Å². The molecule has 1 heterocycles. The van der Waals surface area contributed by atoms with Gasteiger partial charge >= 0.3 is 0 Å². The van der Waals surface area contributed by atoms with Gasteiger partial charge in [0.1, 0.15) is 0 Å². The molecular weight excluding hydrogens is 170 g/mol. The molecule has 1 aliphatic rings. The lowest BCUT2D eigenvalue weighted by atomic mass is 10.0. The molecule has 1 aromatic rings. The fourth-order valence-corrected chi connectivity index (χ4v) is 1.50. The molecule has 0 fully saturated rings. The second kappa shape index (κ2) is 3.62. The summed E-state index contributed by atoms with van der Waals surface area (Å²) in [4.78, 5) is 4.33. The molecule has 1 nitrogen and oxygen atoms in total. The van der Waals surface area contributed by atoms with Crippen LogP contribution in [0.1, 0.15) is 12.5 Å². The van der Waals surface area contributed by atoms with Crippen molar-refractivity contribution in [2.75, 3.05) is 0 Å². The Labute approximate surface area is 84.5 Å². The van der Waals surface area contributed by atoms with Gasteiger partial charge in [0.25, 0.3) is 0 Å². The highest BCUT2D eigenvalue weighted by molar-refractivity contribution is 5.83. The zero-order valence-corrected chi connectivity index (χ0v) is 8.27. The lowest BCUT2D eigenvalue weighted by Gasteiger charge is -2.03. The van der Waals surface area contributed by atoms with Crippen LogP contribution in [0, 0.1) is 5.92 Å². The van der Waals surface area contributed by atoms with Crippen LogP contribution in [0.3, 0.4) is 0 Å². The van der Waals surface area contributed by atoms with Crippen molar-refractivity contribution in [2.24, 2.45) is 10.9 Å². The van der Waals surface area contributed by atoms with Crippen LogP contribution in [-0.2, 0) is 0 Å². The van der Waals surface area contributed by atoms with E-state index in [9.17, 15) is 0 Å². The number of hydrogen-bond donors (Lipinski definition) is 0. The van der Waals surface area contributed by atoms with Crippen molar-refractivity contribution in [1.82, 2.24) is 0 Å². The molecule has 0 saturated carbocycles. The van der Waals surface area contributed by atoms with Crippen molar-refractivity contribution < 1.29 is 0 Å². The maximum Gasteiger partial charge on any atom is 0.0664 e. The molecule has 0 aromatic heterocycles. The molecule has 1 unspecified atom stereocenters. The summed E-state index contributed by atoms with van der Waals surface area (Å²) in [5.41, 5.74) is 3.15. The number of nitrogens with zero attached hydrogens (tertiary/aromatic N) is 1. The zero-order chi connectivity index (χ0) is 9.97. The normalized spacial score (nSPS) is 19.5. The fraction of sp³-hybridized carbons (Fsp3) is 0.154. The van der Waals surface area contributed by atoms with Crippen molar-refractivity contribution in [3.05, 3.63) is 54.2 Å². The van der Waals surface area contributed by atoms with Crippen molar-refractivity contribution in [3.63, 3.8) is 0 Å². The molecule has 2 rings (SSSR count). The molecule has 0 N–H and O–H groups in total. The van der Waals surface area contributed by atoms with E-state index in [1.165, 1.54) is 0 Å². The minimum atomic E-state index is 0.436. The number of allylic oxidation sites excluding steroid dienone is 2. The molecule has 70 valence electrons. The summed E-state index contributed by atoms with van der Waals surface area (Å²) in [5.74, 6) is 0.436. The standard InChI is InChI=1S/C13H13N/c1-10-8-13(14-9-10)11(2)12-6-4-3-5-7-12/h3-10H,2H2,1H3. The second-order valence-electron chi connectivity index (χ2n) is 3.53. The third-order valence-corrected chi connectivity index (χ3v) is 2.30. The van der Waals surface area contributed by atoms with Crippen molar-refractivity contribution >= 4 is 11.8 Å². The molecule has 0 amide bonds. The van der Waals surface area contributed by atoms with Gasteiger partial charge in [-0.1, -0.05) is 43.8 Å². The number of hydrogen-bond acceptors (Lipinski definition) is 1. The Bertz CT molecular complexity index is 399. The highest BCUT2D eigenvalue weighted by Crippen LogP contribution is 2.25. The average molecular weight is 183 g/mol. The zero-order valence-electron chi connectivity index (χ0n) is 8.27. The molecule has 0 spiro atoms. The Morgan fingerprint density at radius 3 is 2.57 bits per heavy atom. The average Bonchev–Trinajstić information content (AvgIpc) is 2.65. The Kier molecular flexibility index (Phi) is 2.32. The van der Waals surface area contributed by atoms with E-state index >= 15 is 0 Å². The van der Waals surface area contributed by atoms with Gasteiger partial charge in [-0.3, -0.25) is 4.99 Å². The van der Waals surface area contributed by atoms with Crippen LogP contribution in [0.15, 0.2) is 53.7 Å².